The lowest BCUT2D eigenvalue weighted by molar-refractivity contribution is -0.142. The lowest BCUT2D eigenvalue weighted by Crippen LogP contribution is -2.63. The molecule has 20 nitrogen and oxygen atoms in total. The van der Waals surface area contributed by atoms with Crippen molar-refractivity contribution in [2.75, 3.05) is 13.2 Å². The van der Waals surface area contributed by atoms with Crippen molar-refractivity contribution in [3.8, 4) is 5.75 Å². The SMILES string of the molecule is CC(C)C(NC(=O)C(NC(=O)C1CCCN1C(=O)C(NC(=O)c1ccc[nH]1)C(C)C)C(C)C)C(=O)NC(C(=O)NC(CO)C(=O)NC(Cc1ccc(O)cc1)C(=O)O)C(C)O. The summed E-state index contributed by atoms with van der Waals surface area (Å²) in [5, 5.41) is 54.6. The molecule has 8 atom stereocenters. The fraction of sp³-hybridized carbons (Fsp3) is 0.561. The number of aromatic amines is 1. The van der Waals surface area contributed by atoms with Crippen molar-refractivity contribution >= 4 is 47.3 Å². The number of benzene rings is 1. The van der Waals surface area contributed by atoms with Crippen LogP contribution < -0.4 is 31.9 Å². The summed E-state index contributed by atoms with van der Waals surface area (Å²) < 4.78 is 0. The average molecular weight is 857 g/mol. The van der Waals surface area contributed by atoms with Crippen LogP contribution in [0.3, 0.4) is 0 Å². The molecule has 1 aromatic heterocycles. The number of carbonyl (C=O) groups excluding carboxylic acids is 7. The first-order valence-corrected chi connectivity index (χ1v) is 20.2. The van der Waals surface area contributed by atoms with Crippen molar-refractivity contribution in [3.63, 3.8) is 0 Å². The Kier molecular flexibility index (Phi) is 18.2. The summed E-state index contributed by atoms with van der Waals surface area (Å²) in [7, 11) is 0. The Balaban J connectivity index is 1.68. The number of carboxylic acids is 1. The summed E-state index contributed by atoms with van der Waals surface area (Å²) in [5.41, 5.74) is 0.727. The fourth-order valence-corrected chi connectivity index (χ4v) is 6.69. The first-order chi connectivity index (χ1) is 28.7. The number of aromatic nitrogens is 1. The van der Waals surface area contributed by atoms with Crippen molar-refractivity contribution in [1.82, 2.24) is 41.8 Å². The van der Waals surface area contributed by atoms with Crippen LogP contribution in [-0.4, -0.2) is 139 Å². The molecule has 1 aliphatic heterocycles. The van der Waals surface area contributed by atoms with Gasteiger partial charge in [-0.1, -0.05) is 53.7 Å². The molecule has 3 rings (SSSR count). The number of amides is 7. The number of hydrogen-bond donors (Lipinski definition) is 11. The number of aliphatic carboxylic acids is 1. The molecule has 1 fully saturated rings. The number of aliphatic hydroxyl groups is 2. The van der Waals surface area contributed by atoms with Crippen LogP contribution >= 0.6 is 0 Å². The zero-order valence-corrected chi connectivity index (χ0v) is 35.4. The molecule has 0 radical (unpaired) electrons. The highest BCUT2D eigenvalue weighted by atomic mass is 16.4. The molecule has 1 aliphatic rings. The van der Waals surface area contributed by atoms with Crippen molar-refractivity contribution < 1.29 is 58.8 Å². The highest BCUT2D eigenvalue weighted by Gasteiger charge is 2.41. The van der Waals surface area contributed by atoms with Crippen LogP contribution in [0.4, 0.5) is 0 Å². The number of nitrogens with zero attached hydrogens (tertiary/aromatic N) is 1. The summed E-state index contributed by atoms with van der Waals surface area (Å²) in [6, 6.07) is -0.487. The van der Waals surface area contributed by atoms with Crippen LogP contribution in [0.15, 0.2) is 42.6 Å². The average Bonchev–Trinajstić information content (AvgIpc) is 3.92. The molecule has 1 saturated heterocycles. The maximum absolute atomic E-state index is 13.8. The van der Waals surface area contributed by atoms with Gasteiger partial charge in [-0.15, -0.1) is 0 Å². The van der Waals surface area contributed by atoms with Gasteiger partial charge in [-0.25, -0.2) is 4.79 Å². The van der Waals surface area contributed by atoms with Crippen LogP contribution in [0, 0.1) is 17.8 Å². The molecule has 61 heavy (non-hydrogen) atoms. The number of H-pyrrole nitrogens is 1. The lowest BCUT2D eigenvalue weighted by Gasteiger charge is -2.32. The minimum atomic E-state index is -1.71. The highest BCUT2D eigenvalue weighted by molar-refractivity contribution is 5.99. The smallest absolute Gasteiger partial charge is 0.326 e. The molecule has 336 valence electrons. The molecule has 0 saturated carbocycles. The van der Waals surface area contributed by atoms with Gasteiger partial charge in [0.25, 0.3) is 5.91 Å². The molecule has 0 aliphatic carbocycles. The normalized spacial score (nSPS) is 17.3. The van der Waals surface area contributed by atoms with Crippen molar-refractivity contribution in [1.29, 1.82) is 0 Å². The van der Waals surface area contributed by atoms with E-state index in [1.165, 1.54) is 36.1 Å². The standard InChI is InChI=1S/C41H60N8O12/c1-20(2)30(45-36(55)29-11-9-17-49(29)40(59)32(22(5)6)47-34(53)26-10-8-16-42-26)37(56)46-31(21(3)4)38(57)48-33(23(7)51)39(58)44-28(19-50)35(54)43-27(41(60)61)18-24-12-14-25(52)15-13-24/h8,10,12-16,20-23,27-33,42,50-52H,9,11,17-19H2,1-7H3,(H,43,54)(H,44,58)(H,45,55)(H,46,56)(H,47,53)(H,48,57)(H,60,61). The van der Waals surface area contributed by atoms with Gasteiger partial charge in [0.15, 0.2) is 0 Å². The van der Waals surface area contributed by atoms with Gasteiger partial charge >= 0.3 is 5.97 Å². The van der Waals surface area contributed by atoms with E-state index in [0.29, 0.717) is 18.4 Å². The number of phenolic OH excluding ortho intramolecular Hbond substituents is 1. The van der Waals surface area contributed by atoms with Crippen molar-refractivity contribution in [2.24, 2.45) is 17.8 Å². The number of likely N-dealkylation sites (tertiary alicyclic amines) is 1. The van der Waals surface area contributed by atoms with E-state index in [4.69, 9.17) is 0 Å². The maximum Gasteiger partial charge on any atom is 0.326 e. The summed E-state index contributed by atoms with van der Waals surface area (Å²) in [5.74, 6) is -8.26. The van der Waals surface area contributed by atoms with Crippen molar-refractivity contribution in [2.45, 2.75) is 116 Å². The minimum absolute atomic E-state index is 0.0513. The van der Waals surface area contributed by atoms with Gasteiger partial charge < -0.3 is 62.2 Å². The molecule has 0 bridgehead atoms. The number of carbonyl (C=O) groups is 8. The van der Waals surface area contributed by atoms with E-state index < -0.39 is 114 Å². The van der Waals surface area contributed by atoms with E-state index in [9.17, 15) is 58.8 Å². The van der Waals surface area contributed by atoms with Gasteiger partial charge in [-0.3, -0.25) is 33.6 Å². The van der Waals surface area contributed by atoms with E-state index in [1.807, 2.05) is 0 Å². The number of rotatable bonds is 21. The Morgan fingerprint density at radius 2 is 1.25 bits per heavy atom. The van der Waals surface area contributed by atoms with E-state index >= 15 is 0 Å². The van der Waals surface area contributed by atoms with E-state index in [1.54, 1.807) is 59.9 Å². The molecule has 1 aromatic carbocycles. The van der Waals surface area contributed by atoms with Crippen molar-refractivity contribution in [3.05, 3.63) is 53.9 Å². The molecule has 11 N–H and O–H groups in total. The topological polar surface area (TPSA) is 309 Å². The number of aliphatic hydroxyl groups excluding tert-OH is 2. The van der Waals surface area contributed by atoms with E-state index in [0.717, 1.165) is 0 Å². The van der Waals surface area contributed by atoms with E-state index in [2.05, 4.69) is 36.9 Å². The number of hydrogen-bond acceptors (Lipinski definition) is 11. The second-order valence-corrected chi connectivity index (χ2v) is 16.2. The maximum atomic E-state index is 13.8. The number of nitrogens with one attached hydrogen (secondary N) is 7. The van der Waals surface area contributed by atoms with Crippen LogP contribution in [0.2, 0.25) is 0 Å². The summed E-state index contributed by atoms with van der Waals surface area (Å²) in [6.45, 7) is 10.5. The van der Waals surface area contributed by atoms with Crippen LogP contribution in [-0.2, 0) is 40.0 Å². The van der Waals surface area contributed by atoms with Gasteiger partial charge in [0, 0.05) is 19.2 Å². The molecule has 0 spiro atoms. The van der Waals surface area contributed by atoms with Crippen LogP contribution in [0.5, 0.6) is 5.75 Å². The molecule has 2 heterocycles. The third-order valence-corrected chi connectivity index (χ3v) is 10.3. The number of aromatic hydroxyl groups is 1. The van der Waals surface area contributed by atoms with E-state index in [-0.39, 0.29) is 30.3 Å². The Bertz CT molecular complexity index is 1850. The van der Waals surface area contributed by atoms with Gasteiger partial charge in [-0.05, 0) is 67.3 Å². The zero-order valence-electron chi connectivity index (χ0n) is 35.4. The second-order valence-electron chi connectivity index (χ2n) is 16.2. The third-order valence-electron chi connectivity index (χ3n) is 10.3. The largest absolute Gasteiger partial charge is 0.508 e. The van der Waals surface area contributed by atoms with Gasteiger partial charge in [-0.2, -0.15) is 0 Å². The summed E-state index contributed by atoms with van der Waals surface area (Å²) in [6.07, 6.45) is 0.622. The van der Waals surface area contributed by atoms with Crippen LogP contribution in [0.25, 0.3) is 0 Å². The quantitative estimate of drug-likeness (QED) is 0.0714. The molecule has 7 amide bonds. The Morgan fingerprint density at radius 3 is 1.75 bits per heavy atom. The fourth-order valence-electron chi connectivity index (χ4n) is 6.69. The molecule has 20 heteroatoms. The highest BCUT2D eigenvalue weighted by Crippen LogP contribution is 2.22. The molecule has 8 unspecified atom stereocenters. The third kappa shape index (κ3) is 13.8. The Labute approximate surface area is 354 Å². The minimum Gasteiger partial charge on any atom is -0.508 e. The zero-order chi connectivity index (χ0) is 45.7. The predicted molar refractivity (Wildman–Crippen MR) is 219 cm³/mol. The van der Waals surface area contributed by atoms with Gasteiger partial charge in [0.2, 0.25) is 35.4 Å². The lowest BCUT2D eigenvalue weighted by atomic mass is 9.98. The summed E-state index contributed by atoms with van der Waals surface area (Å²) >= 11 is 0. The van der Waals surface area contributed by atoms with Crippen LogP contribution in [0.1, 0.15) is 77.4 Å². The monoisotopic (exact) mass is 856 g/mol. The van der Waals surface area contributed by atoms with Gasteiger partial charge in [0.05, 0.1) is 12.7 Å². The molecule has 2 aromatic rings. The first kappa shape index (κ1) is 49.3. The molecular weight excluding hydrogens is 796 g/mol. The molecular formula is C41H60N8O12. The first-order valence-electron chi connectivity index (χ1n) is 20.2. The Hall–Kier alpha value is -6.02. The number of phenols is 1. The second kappa shape index (κ2) is 22.5. The van der Waals surface area contributed by atoms with Gasteiger partial charge in [0.1, 0.15) is 53.7 Å². The Morgan fingerprint density at radius 1 is 0.705 bits per heavy atom. The number of carboxylic acid groups (broad SMARTS) is 1. The summed E-state index contributed by atoms with van der Waals surface area (Å²) in [4.78, 5) is 110. The predicted octanol–water partition coefficient (Wildman–Crippen LogP) is -1.10.